The van der Waals surface area contributed by atoms with E-state index in [9.17, 15) is 9.59 Å². The van der Waals surface area contributed by atoms with E-state index in [0.29, 0.717) is 17.1 Å². The molecule has 0 saturated carbocycles. The zero-order valence-electron chi connectivity index (χ0n) is 16.7. The summed E-state index contributed by atoms with van der Waals surface area (Å²) in [5.74, 6) is 0.0909. The highest BCUT2D eigenvalue weighted by atomic mass is 16.5. The second-order valence-corrected chi connectivity index (χ2v) is 7.31. The molecule has 5 nitrogen and oxygen atoms in total. The van der Waals surface area contributed by atoms with Crippen molar-refractivity contribution in [3.63, 3.8) is 0 Å². The Morgan fingerprint density at radius 2 is 1.41 bits per heavy atom. The second kappa shape index (κ2) is 8.25. The molecule has 2 aromatic rings. The average molecular weight is 370 g/mol. The van der Waals surface area contributed by atoms with Crippen molar-refractivity contribution in [3.8, 4) is 11.5 Å². The first-order valence-electron chi connectivity index (χ1n) is 8.75. The fourth-order valence-corrected chi connectivity index (χ4v) is 2.61. The van der Waals surface area contributed by atoms with Crippen molar-refractivity contribution in [2.45, 2.75) is 39.2 Å². The van der Waals surface area contributed by atoms with Crippen LogP contribution in [0.2, 0.25) is 0 Å². The molecule has 27 heavy (non-hydrogen) atoms. The normalized spacial score (nSPS) is 12.2. The molecule has 2 rings (SSSR count). The Morgan fingerprint density at radius 3 is 1.93 bits per heavy atom. The van der Waals surface area contributed by atoms with E-state index in [1.54, 1.807) is 31.2 Å². The van der Waals surface area contributed by atoms with Gasteiger partial charge in [-0.1, -0.05) is 45.0 Å². The number of ketones is 1. The van der Waals surface area contributed by atoms with E-state index in [0.717, 1.165) is 5.56 Å². The lowest BCUT2D eigenvalue weighted by atomic mass is 9.86. The average Bonchev–Trinajstić information content (AvgIpc) is 2.66. The molecule has 0 aromatic heterocycles. The third-order valence-corrected chi connectivity index (χ3v) is 4.31. The highest BCUT2D eigenvalue weighted by Crippen LogP contribution is 2.28. The molecule has 0 N–H and O–H groups in total. The van der Waals surface area contributed by atoms with E-state index in [4.69, 9.17) is 14.2 Å². The summed E-state index contributed by atoms with van der Waals surface area (Å²) in [5, 5.41) is 0. The van der Waals surface area contributed by atoms with Crippen molar-refractivity contribution < 1.29 is 23.8 Å². The van der Waals surface area contributed by atoms with Crippen LogP contribution in [0, 0.1) is 0 Å². The number of carbonyl (C=O) groups is 2. The number of hydrogen-bond acceptors (Lipinski definition) is 5. The molecule has 5 heteroatoms. The van der Waals surface area contributed by atoms with Crippen molar-refractivity contribution in [2.24, 2.45) is 0 Å². The van der Waals surface area contributed by atoms with Crippen LogP contribution < -0.4 is 9.47 Å². The quantitative estimate of drug-likeness (QED) is 0.556. The predicted molar refractivity (Wildman–Crippen MR) is 104 cm³/mol. The first-order chi connectivity index (χ1) is 12.7. The molecule has 0 aliphatic carbocycles. The number of ether oxygens (including phenoxy) is 3. The van der Waals surface area contributed by atoms with Gasteiger partial charge in [0.05, 0.1) is 19.8 Å². The second-order valence-electron chi connectivity index (χ2n) is 7.31. The third kappa shape index (κ3) is 4.88. The predicted octanol–water partition coefficient (Wildman–Crippen LogP) is 4.43. The van der Waals surface area contributed by atoms with Gasteiger partial charge >= 0.3 is 5.97 Å². The molecule has 0 saturated heterocycles. The maximum atomic E-state index is 12.6. The Bertz CT molecular complexity index is 816. The number of carbonyl (C=O) groups excluding carboxylic acids is 2. The molecule has 1 atom stereocenters. The highest BCUT2D eigenvalue weighted by Gasteiger charge is 2.22. The molecule has 0 radical (unpaired) electrons. The number of methoxy groups -OCH3 is 2. The van der Waals surface area contributed by atoms with E-state index >= 15 is 0 Å². The van der Waals surface area contributed by atoms with Crippen LogP contribution >= 0.6 is 0 Å². The van der Waals surface area contributed by atoms with Gasteiger partial charge in [-0.25, -0.2) is 4.79 Å². The molecule has 0 bridgehead atoms. The summed E-state index contributed by atoms with van der Waals surface area (Å²) < 4.78 is 15.7. The van der Waals surface area contributed by atoms with Gasteiger partial charge in [-0.05, 0) is 36.1 Å². The fourth-order valence-electron chi connectivity index (χ4n) is 2.61. The SMILES string of the molecule is COc1ccc(C(=O)O[C@@H](C)C(=O)c2ccc(C(C)(C)C)cc2)cc1OC. The van der Waals surface area contributed by atoms with E-state index in [-0.39, 0.29) is 16.8 Å². The summed E-state index contributed by atoms with van der Waals surface area (Å²) in [6, 6.07) is 12.1. The van der Waals surface area contributed by atoms with Crippen molar-refractivity contribution >= 4 is 11.8 Å². The van der Waals surface area contributed by atoms with Crippen LogP contribution in [0.5, 0.6) is 11.5 Å². The number of hydrogen-bond donors (Lipinski definition) is 0. The van der Waals surface area contributed by atoms with Gasteiger partial charge in [0.15, 0.2) is 17.6 Å². The topological polar surface area (TPSA) is 61.8 Å². The molecule has 0 heterocycles. The lowest BCUT2D eigenvalue weighted by Crippen LogP contribution is -2.24. The van der Waals surface area contributed by atoms with Gasteiger partial charge in [0.1, 0.15) is 0 Å². The molecule has 0 unspecified atom stereocenters. The van der Waals surface area contributed by atoms with Crippen LogP contribution in [0.25, 0.3) is 0 Å². The zero-order chi connectivity index (χ0) is 20.2. The Hall–Kier alpha value is -2.82. The minimum absolute atomic E-state index is 0.00703. The summed E-state index contributed by atoms with van der Waals surface area (Å²) >= 11 is 0. The monoisotopic (exact) mass is 370 g/mol. The minimum Gasteiger partial charge on any atom is -0.493 e. The Labute approximate surface area is 160 Å². The van der Waals surface area contributed by atoms with Gasteiger partial charge in [-0.15, -0.1) is 0 Å². The van der Waals surface area contributed by atoms with Crippen LogP contribution in [-0.2, 0) is 10.2 Å². The van der Waals surface area contributed by atoms with Crippen molar-refractivity contribution in [3.05, 3.63) is 59.2 Å². The molecule has 144 valence electrons. The van der Waals surface area contributed by atoms with Crippen molar-refractivity contribution in [1.82, 2.24) is 0 Å². The maximum Gasteiger partial charge on any atom is 0.338 e. The van der Waals surface area contributed by atoms with Crippen molar-refractivity contribution in [2.75, 3.05) is 14.2 Å². The number of rotatable bonds is 6. The molecular weight excluding hydrogens is 344 g/mol. The molecule has 0 aliphatic heterocycles. The zero-order valence-corrected chi connectivity index (χ0v) is 16.7. The summed E-state index contributed by atoms with van der Waals surface area (Å²) in [6.07, 6.45) is -0.897. The molecule has 0 spiro atoms. The first-order valence-corrected chi connectivity index (χ1v) is 8.75. The largest absolute Gasteiger partial charge is 0.493 e. The van der Waals surface area contributed by atoms with Crippen LogP contribution in [0.15, 0.2) is 42.5 Å². The molecular formula is C22H26O5. The third-order valence-electron chi connectivity index (χ3n) is 4.31. The minimum atomic E-state index is -0.897. The molecule has 0 amide bonds. The van der Waals surface area contributed by atoms with Gasteiger partial charge in [0.2, 0.25) is 5.78 Å². The maximum absolute atomic E-state index is 12.6. The smallest absolute Gasteiger partial charge is 0.338 e. The fraction of sp³-hybridized carbons (Fsp3) is 0.364. The summed E-state index contributed by atoms with van der Waals surface area (Å²) in [7, 11) is 3.00. The van der Waals surface area contributed by atoms with Gasteiger partial charge < -0.3 is 14.2 Å². The van der Waals surface area contributed by atoms with E-state index in [1.807, 2.05) is 12.1 Å². The van der Waals surface area contributed by atoms with Gasteiger partial charge in [0, 0.05) is 5.56 Å². The molecule has 0 fully saturated rings. The molecule has 2 aromatic carbocycles. The number of Topliss-reactive ketones (excluding diaryl/α,β-unsaturated/α-hetero) is 1. The van der Waals surface area contributed by atoms with Gasteiger partial charge in [0.25, 0.3) is 0 Å². The highest BCUT2D eigenvalue weighted by molar-refractivity contribution is 6.01. The lowest BCUT2D eigenvalue weighted by molar-refractivity contribution is 0.0318. The van der Waals surface area contributed by atoms with Crippen LogP contribution in [0.4, 0.5) is 0 Å². The summed E-state index contributed by atoms with van der Waals surface area (Å²) in [5.41, 5.74) is 1.94. The number of benzene rings is 2. The lowest BCUT2D eigenvalue weighted by Gasteiger charge is -2.19. The van der Waals surface area contributed by atoms with Crippen LogP contribution in [0.1, 0.15) is 54.0 Å². The first kappa shape index (κ1) is 20.5. The Balaban J connectivity index is 2.10. The Kier molecular flexibility index (Phi) is 6.26. The van der Waals surface area contributed by atoms with Gasteiger partial charge in [-0.3, -0.25) is 4.79 Å². The summed E-state index contributed by atoms with van der Waals surface area (Å²) in [4.78, 5) is 24.9. The number of esters is 1. The van der Waals surface area contributed by atoms with Crippen molar-refractivity contribution in [1.29, 1.82) is 0 Å². The van der Waals surface area contributed by atoms with E-state index < -0.39 is 12.1 Å². The molecule has 0 aliphatic rings. The van der Waals surface area contributed by atoms with Crippen LogP contribution in [0.3, 0.4) is 0 Å². The van der Waals surface area contributed by atoms with E-state index in [2.05, 4.69) is 20.8 Å². The summed E-state index contributed by atoms with van der Waals surface area (Å²) in [6.45, 7) is 7.89. The van der Waals surface area contributed by atoms with Crippen LogP contribution in [-0.4, -0.2) is 32.1 Å². The Morgan fingerprint density at radius 1 is 0.852 bits per heavy atom. The van der Waals surface area contributed by atoms with E-state index in [1.165, 1.54) is 20.3 Å². The van der Waals surface area contributed by atoms with Gasteiger partial charge in [-0.2, -0.15) is 0 Å². The standard InChI is InChI=1S/C22H26O5/c1-14(20(23)15-7-10-17(11-8-15)22(2,3)4)27-21(24)16-9-12-18(25-5)19(13-16)26-6/h7-14H,1-6H3/t14-/m0/s1.